The lowest BCUT2D eigenvalue weighted by Gasteiger charge is -1.96. The first-order chi connectivity index (χ1) is 6.41. The molecule has 2 heteroatoms. The summed E-state index contributed by atoms with van der Waals surface area (Å²) in [5.74, 6) is 0. The third-order valence-electron chi connectivity index (χ3n) is 1.91. The van der Waals surface area contributed by atoms with E-state index in [1.54, 1.807) is 6.08 Å². The van der Waals surface area contributed by atoms with Crippen LogP contribution in [0, 0.1) is 0 Å². The molecule has 74 valence electrons. The number of unbranched alkanes of at least 4 members (excludes halogenated alkanes) is 6. The van der Waals surface area contributed by atoms with Crippen LogP contribution in [0.15, 0.2) is 12.2 Å². The standard InChI is InChI=1S/C11H18O2/c12-10-8-6-4-2-1-3-5-7-9-11-13/h6,8,10-11H,1-5,7,9H2. The summed E-state index contributed by atoms with van der Waals surface area (Å²) in [5.41, 5.74) is 0. The minimum atomic E-state index is 0.699. The summed E-state index contributed by atoms with van der Waals surface area (Å²) in [7, 11) is 0. The number of carbonyl (C=O) groups is 2. The molecule has 0 bridgehead atoms. The summed E-state index contributed by atoms with van der Waals surface area (Å²) < 4.78 is 0. The van der Waals surface area contributed by atoms with E-state index in [-0.39, 0.29) is 0 Å². The Balaban J connectivity index is 2.95. The van der Waals surface area contributed by atoms with Gasteiger partial charge in [-0.3, -0.25) is 4.79 Å². The molecule has 0 amide bonds. The van der Waals surface area contributed by atoms with Crippen LogP contribution in [0.3, 0.4) is 0 Å². The molecule has 0 rings (SSSR count). The zero-order valence-corrected chi connectivity index (χ0v) is 8.08. The summed E-state index contributed by atoms with van der Waals surface area (Å²) in [6, 6.07) is 0. The second-order valence-corrected chi connectivity index (χ2v) is 3.08. The van der Waals surface area contributed by atoms with Gasteiger partial charge in [-0.1, -0.05) is 25.3 Å². The summed E-state index contributed by atoms with van der Waals surface area (Å²) in [6.45, 7) is 0. The van der Waals surface area contributed by atoms with E-state index in [4.69, 9.17) is 0 Å². The van der Waals surface area contributed by atoms with E-state index in [0.717, 1.165) is 38.3 Å². The van der Waals surface area contributed by atoms with Crippen LogP contribution in [-0.2, 0) is 9.59 Å². The third-order valence-corrected chi connectivity index (χ3v) is 1.91. The van der Waals surface area contributed by atoms with Gasteiger partial charge in [0.25, 0.3) is 0 Å². The van der Waals surface area contributed by atoms with Gasteiger partial charge in [0.2, 0.25) is 0 Å². The smallest absolute Gasteiger partial charge is 0.142 e. The van der Waals surface area contributed by atoms with E-state index in [2.05, 4.69) is 0 Å². The first-order valence-electron chi connectivity index (χ1n) is 4.95. The van der Waals surface area contributed by atoms with Crippen LogP contribution in [0.4, 0.5) is 0 Å². The largest absolute Gasteiger partial charge is 0.303 e. The molecule has 0 heterocycles. The number of aldehydes is 2. The highest BCUT2D eigenvalue weighted by molar-refractivity contribution is 5.64. The molecule has 0 radical (unpaired) electrons. The Morgan fingerprint density at radius 2 is 1.38 bits per heavy atom. The van der Waals surface area contributed by atoms with Crippen LogP contribution >= 0.6 is 0 Å². The molecule has 0 aromatic rings. The molecule has 0 fully saturated rings. The normalized spacial score (nSPS) is 10.5. The van der Waals surface area contributed by atoms with Gasteiger partial charge in [-0.25, -0.2) is 0 Å². The monoisotopic (exact) mass is 182 g/mol. The molecule has 0 N–H and O–H groups in total. The van der Waals surface area contributed by atoms with Crippen molar-refractivity contribution in [2.24, 2.45) is 0 Å². The van der Waals surface area contributed by atoms with Gasteiger partial charge >= 0.3 is 0 Å². The van der Waals surface area contributed by atoms with Crippen molar-refractivity contribution in [2.75, 3.05) is 0 Å². The van der Waals surface area contributed by atoms with Crippen LogP contribution in [0.25, 0.3) is 0 Å². The highest BCUT2D eigenvalue weighted by Gasteiger charge is 1.88. The molecule has 0 aliphatic heterocycles. The molecule has 0 aliphatic rings. The molecule has 2 nitrogen and oxygen atoms in total. The Morgan fingerprint density at radius 3 is 2.00 bits per heavy atom. The van der Waals surface area contributed by atoms with Crippen molar-refractivity contribution >= 4 is 12.6 Å². The van der Waals surface area contributed by atoms with Crippen LogP contribution < -0.4 is 0 Å². The maximum absolute atomic E-state index is 9.97. The van der Waals surface area contributed by atoms with Gasteiger partial charge in [0, 0.05) is 6.42 Å². The number of carbonyl (C=O) groups excluding carboxylic acids is 2. The third kappa shape index (κ3) is 11.1. The first-order valence-corrected chi connectivity index (χ1v) is 4.95. The quantitative estimate of drug-likeness (QED) is 0.312. The molecule has 0 aromatic heterocycles. The second-order valence-electron chi connectivity index (χ2n) is 3.08. The topological polar surface area (TPSA) is 34.1 Å². The van der Waals surface area contributed by atoms with E-state index in [9.17, 15) is 9.59 Å². The highest BCUT2D eigenvalue weighted by Crippen LogP contribution is 2.06. The van der Waals surface area contributed by atoms with Crippen LogP contribution in [0.2, 0.25) is 0 Å². The number of rotatable bonds is 9. The summed E-state index contributed by atoms with van der Waals surface area (Å²) in [6.07, 6.45) is 12.6. The SMILES string of the molecule is O=CC=CCCCCCCCC=O. The fraction of sp³-hybridized carbons (Fsp3) is 0.636. The Kier molecular flexibility index (Phi) is 10.3. The molecule has 0 unspecified atom stereocenters. The summed E-state index contributed by atoms with van der Waals surface area (Å²) in [5, 5.41) is 0. The second kappa shape index (κ2) is 11.1. The summed E-state index contributed by atoms with van der Waals surface area (Å²) in [4.78, 5) is 19.9. The maximum Gasteiger partial charge on any atom is 0.142 e. The first kappa shape index (κ1) is 12.1. The number of hydrogen-bond acceptors (Lipinski definition) is 2. The van der Waals surface area contributed by atoms with E-state index in [1.807, 2.05) is 6.08 Å². The molecule has 0 saturated heterocycles. The van der Waals surface area contributed by atoms with Crippen molar-refractivity contribution in [3.63, 3.8) is 0 Å². The van der Waals surface area contributed by atoms with Crippen LogP contribution in [0.1, 0.15) is 44.9 Å². The van der Waals surface area contributed by atoms with Crippen molar-refractivity contribution < 1.29 is 9.59 Å². The Morgan fingerprint density at radius 1 is 0.769 bits per heavy atom. The zero-order valence-electron chi connectivity index (χ0n) is 8.08. The maximum atomic E-state index is 9.97. The lowest BCUT2D eigenvalue weighted by Crippen LogP contribution is -1.80. The Hall–Kier alpha value is -0.920. The van der Waals surface area contributed by atoms with Gasteiger partial charge in [0.15, 0.2) is 0 Å². The van der Waals surface area contributed by atoms with Gasteiger partial charge < -0.3 is 4.79 Å². The lowest BCUT2D eigenvalue weighted by atomic mass is 10.1. The van der Waals surface area contributed by atoms with Gasteiger partial charge in [-0.2, -0.15) is 0 Å². The van der Waals surface area contributed by atoms with Gasteiger partial charge in [0.1, 0.15) is 12.6 Å². The van der Waals surface area contributed by atoms with E-state index in [0.29, 0.717) is 6.42 Å². The Labute approximate surface area is 80.0 Å². The molecule has 0 aromatic carbocycles. The number of hydrogen-bond donors (Lipinski definition) is 0. The highest BCUT2D eigenvalue weighted by atomic mass is 16.1. The van der Waals surface area contributed by atoms with Crippen LogP contribution in [0.5, 0.6) is 0 Å². The fourth-order valence-corrected chi connectivity index (χ4v) is 1.17. The van der Waals surface area contributed by atoms with Crippen molar-refractivity contribution in [3.8, 4) is 0 Å². The van der Waals surface area contributed by atoms with Crippen molar-refractivity contribution in [2.45, 2.75) is 44.9 Å². The van der Waals surface area contributed by atoms with E-state index < -0.39 is 0 Å². The zero-order chi connectivity index (χ0) is 9.78. The minimum Gasteiger partial charge on any atom is -0.303 e. The average Bonchev–Trinajstić information content (AvgIpc) is 2.16. The Bertz CT molecular complexity index is 150. The number of allylic oxidation sites excluding steroid dienone is 2. The molecule has 0 saturated carbocycles. The molecular weight excluding hydrogens is 164 g/mol. The average molecular weight is 182 g/mol. The molecule has 0 aliphatic carbocycles. The van der Waals surface area contributed by atoms with Crippen molar-refractivity contribution in [3.05, 3.63) is 12.2 Å². The lowest BCUT2D eigenvalue weighted by molar-refractivity contribution is -0.108. The fourth-order valence-electron chi connectivity index (χ4n) is 1.17. The van der Waals surface area contributed by atoms with Gasteiger partial charge in [-0.15, -0.1) is 0 Å². The van der Waals surface area contributed by atoms with Gasteiger partial charge in [-0.05, 0) is 25.3 Å². The van der Waals surface area contributed by atoms with E-state index in [1.165, 1.54) is 12.8 Å². The molecular formula is C11H18O2. The molecule has 0 spiro atoms. The van der Waals surface area contributed by atoms with Crippen molar-refractivity contribution in [1.29, 1.82) is 0 Å². The molecule has 13 heavy (non-hydrogen) atoms. The van der Waals surface area contributed by atoms with Gasteiger partial charge in [0.05, 0.1) is 0 Å². The van der Waals surface area contributed by atoms with Crippen LogP contribution in [-0.4, -0.2) is 12.6 Å². The van der Waals surface area contributed by atoms with Crippen molar-refractivity contribution in [1.82, 2.24) is 0 Å². The predicted molar refractivity (Wildman–Crippen MR) is 53.6 cm³/mol. The van der Waals surface area contributed by atoms with E-state index >= 15 is 0 Å². The minimum absolute atomic E-state index is 0.699. The predicted octanol–water partition coefficient (Wildman–Crippen LogP) is 2.67. The summed E-state index contributed by atoms with van der Waals surface area (Å²) >= 11 is 0. The molecule has 0 atom stereocenters.